The van der Waals surface area contributed by atoms with Gasteiger partial charge in [-0.3, -0.25) is 0 Å². The van der Waals surface area contributed by atoms with Crippen molar-refractivity contribution in [2.75, 3.05) is 11.9 Å². The summed E-state index contributed by atoms with van der Waals surface area (Å²) in [5, 5.41) is 11.7. The molecule has 2 N–H and O–H groups in total. The highest BCUT2D eigenvalue weighted by atomic mass is 19.1. The number of hydrogen-bond acceptors (Lipinski definition) is 2. The quantitative estimate of drug-likeness (QED) is 0.846. The van der Waals surface area contributed by atoms with E-state index in [4.69, 9.17) is 5.11 Å². The summed E-state index contributed by atoms with van der Waals surface area (Å²) in [6, 6.07) is 3.75. The van der Waals surface area contributed by atoms with Gasteiger partial charge in [-0.2, -0.15) is 0 Å². The fourth-order valence-corrected chi connectivity index (χ4v) is 1.37. The number of carboxylic acid groups (broad SMARTS) is 1. The molecule has 0 saturated heterocycles. The normalized spacial score (nSPS) is 11.3. The Bertz CT molecular complexity index is 410. The zero-order valence-electron chi connectivity index (χ0n) is 10.4. The average Bonchev–Trinajstić information content (AvgIpc) is 2.18. The summed E-state index contributed by atoms with van der Waals surface area (Å²) in [7, 11) is 0. The van der Waals surface area contributed by atoms with E-state index in [9.17, 15) is 9.18 Å². The maximum atomic E-state index is 13.4. The van der Waals surface area contributed by atoms with Crippen LogP contribution in [-0.2, 0) is 0 Å². The first-order valence-corrected chi connectivity index (χ1v) is 5.56. The largest absolute Gasteiger partial charge is 0.478 e. The number of aromatic carboxylic acids is 1. The highest BCUT2D eigenvalue weighted by Gasteiger charge is 2.11. The third-order valence-corrected chi connectivity index (χ3v) is 2.40. The number of carbonyl (C=O) groups is 1. The van der Waals surface area contributed by atoms with E-state index in [-0.39, 0.29) is 16.7 Å². The number of rotatable bonds is 4. The minimum absolute atomic E-state index is 0.0876. The van der Waals surface area contributed by atoms with Crippen LogP contribution in [0.2, 0.25) is 0 Å². The van der Waals surface area contributed by atoms with E-state index in [0.717, 1.165) is 6.42 Å². The molecule has 0 aliphatic carbocycles. The summed E-state index contributed by atoms with van der Waals surface area (Å²) in [4.78, 5) is 10.7. The van der Waals surface area contributed by atoms with Gasteiger partial charge in [-0.15, -0.1) is 0 Å². The molecule has 0 aliphatic rings. The van der Waals surface area contributed by atoms with Gasteiger partial charge in [0.25, 0.3) is 0 Å². The highest BCUT2D eigenvalue weighted by Crippen LogP contribution is 2.20. The minimum atomic E-state index is -1.05. The van der Waals surface area contributed by atoms with Crippen molar-refractivity contribution in [1.82, 2.24) is 0 Å². The van der Waals surface area contributed by atoms with Crippen molar-refractivity contribution in [2.45, 2.75) is 27.2 Å². The predicted molar refractivity (Wildman–Crippen MR) is 65.9 cm³/mol. The summed E-state index contributed by atoms with van der Waals surface area (Å²) in [5.41, 5.74) is 0.493. The fraction of sp³-hybridized carbons (Fsp3) is 0.462. The fourth-order valence-electron chi connectivity index (χ4n) is 1.37. The summed E-state index contributed by atoms with van der Waals surface area (Å²) < 4.78 is 13.4. The molecule has 0 bridgehead atoms. The lowest BCUT2D eigenvalue weighted by molar-refractivity contribution is 0.0697. The second-order valence-corrected chi connectivity index (χ2v) is 5.24. The van der Waals surface area contributed by atoms with Gasteiger partial charge in [0.1, 0.15) is 5.82 Å². The first-order valence-electron chi connectivity index (χ1n) is 5.56. The molecule has 4 heteroatoms. The van der Waals surface area contributed by atoms with Crippen LogP contribution in [0.4, 0.5) is 10.1 Å². The second kappa shape index (κ2) is 5.17. The Labute approximate surface area is 101 Å². The lowest BCUT2D eigenvalue weighted by Gasteiger charge is -2.18. The Morgan fingerprint density at radius 2 is 2.06 bits per heavy atom. The predicted octanol–water partition coefficient (Wildman–Crippen LogP) is 3.37. The maximum absolute atomic E-state index is 13.4. The summed E-state index contributed by atoms with van der Waals surface area (Å²) in [6.45, 7) is 6.90. The van der Waals surface area contributed by atoms with Gasteiger partial charge in [-0.1, -0.05) is 20.8 Å². The lowest BCUT2D eigenvalue weighted by Crippen LogP contribution is -2.13. The first kappa shape index (κ1) is 13.5. The van der Waals surface area contributed by atoms with Crippen molar-refractivity contribution in [1.29, 1.82) is 0 Å². The van der Waals surface area contributed by atoms with E-state index >= 15 is 0 Å². The van der Waals surface area contributed by atoms with Crippen LogP contribution in [0.5, 0.6) is 0 Å². The van der Waals surface area contributed by atoms with Crippen molar-refractivity contribution in [3.05, 3.63) is 29.6 Å². The highest BCUT2D eigenvalue weighted by molar-refractivity contribution is 5.88. The van der Waals surface area contributed by atoms with Gasteiger partial charge in [0.05, 0.1) is 11.3 Å². The molecule has 1 aromatic carbocycles. The molecule has 0 aromatic heterocycles. The summed E-state index contributed by atoms with van der Waals surface area (Å²) in [5.74, 6) is -1.48. The van der Waals surface area contributed by atoms with Crippen LogP contribution in [0.15, 0.2) is 18.2 Å². The van der Waals surface area contributed by atoms with Gasteiger partial charge in [0.15, 0.2) is 0 Å². The molecule has 1 aromatic rings. The molecule has 0 atom stereocenters. The van der Waals surface area contributed by atoms with E-state index in [1.54, 1.807) is 0 Å². The average molecular weight is 239 g/mol. The van der Waals surface area contributed by atoms with Gasteiger partial charge < -0.3 is 10.4 Å². The minimum Gasteiger partial charge on any atom is -0.478 e. The number of anilines is 1. The third kappa shape index (κ3) is 4.43. The molecule has 0 heterocycles. The Morgan fingerprint density at radius 3 is 2.59 bits per heavy atom. The zero-order valence-corrected chi connectivity index (χ0v) is 10.4. The van der Waals surface area contributed by atoms with Crippen LogP contribution in [0.25, 0.3) is 0 Å². The molecule has 3 nitrogen and oxygen atoms in total. The van der Waals surface area contributed by atoms with Crippen molar-refractivity contribution in [2.24, 2.45) is 5.41 Å². The van der Waals surface area contributed by atoms with Crippen molar-refractivity contribution < 1.29 is 14.3 Å². The molecule has 0 saturated carbocycles. The van der Waals surface area contributed by atoms with Crippen LogP contribution in [0.1, 0.15) is 37.6 Å². The van der Waals surface area contributed by atoms with Crippen LogP contribution in [-0.4, -0.2) is 17.6 Å². The van der Waals surface area contributed by atoms with Gasteiger partial charge in [-0.05, 0) is 30.0 Å². The Morgan fingerprint density at radius 1 is 1.41 bits per heavy atom. The van der Waals surface area contributed by atoms with E-state index in [1.807, 2.05) is 0 Å². The van der Waals surface area contributed by atoms with E-state index < -0.39 is 11.8 Å². The molecule has 0 aliphatic heterocycles. The van der Waals surface area contributed by atoms with E-state index in [2.05, 4.69) is 26.1 Å². The van der Waals surface area contributed by atoms with Gasteiger partial charge >= 0.3 is 5.97 Å². The second-order valence-electron chi connectivity index (χ2n) is 5.24. The van der Waals surface area contributed by atoms with Gasteiger partial charge in [0.2, 0.25) is 0 Å². The molecule has 0 fully saturated rings. The first-order chi connectivity index (χ1) is 7.79. The molecule has 17 heavy (non-hydrogen) atoms. The molecule has 1 rings (SSSR count). The number of benzene rings is 1. The Kier molecular flexibility index (Phi) is 4.10. The summed E-state index contributed by atoms with van der Waals surface area (Å²) >= 11 is 0. The van der Waals surface area contributed by atoms with Crippen LogP contribution in [0, 0.1) is 11.2 Å². The molecular formula is C13H18FNO2. The van der Waals surface area contributed by atoms with Crippen LogP contribution < -0.4 is 5.32 Å². The van der Waals surface area contributed by atoms with E-state index in [1.165, 1.54) is 18.2 Å². The monoisotopic (exact) mass is 239 g/mol. The number of nitrogens with one attached hydrogen (secondary N) is 1. The van der Waals surface area contributed by atoms with Crippen molar-refractivity contribution >= 4 is 11.7 Å². The van der Waals surface area contributed by atoms with Gasteiger partial charge in [-0.25, -0.2) is 9.18 Å². The number of halogens is 1. The summed E-state index contributed by atoms with van der Waals surface area (Å²) in [6.07, 6.45) is 0.879. The molecule has 0 amide bonds. The van der Waals surface area contributed by atoms with Gasteiger partial charge in [0, 0.05) is 6.54 Å². The Hall–Kier alpha value is -1.58. The molecule has 94 valence electrons. The number of carboxylic acids is 1. The molecule has 0 radical (unpaired) electrons. The van der Waals surface area contributed by atoms with Crippen molar-refractivity contribution in [3.63, 3.8) is 0 Å². The van der Waals surface area contributed by atoms with E-state index in [0.29, 0.717) is 6.54 Å². The van der Waals surface area contributed by atoms with Crippen molar-refractivity contribution in [3.8, 4) is 0 Å². The SMILES string of the molecule is CC(C)(C)CCNc1cc(C(=O)O)ccc1F. The smallest absolute Gasteiger partial charge is 0.335 e. The van der Waals surface area contributed by atoms with Crippen LogP contribution in [0.3, 0.4) is 0 Å². The maximum Gasteiger partial charge on any atom is 0.335 e. The Balaban J connectivity index is 2.70. The standard InChI is InChI=1S/C13H18FNO2/c1-13(2,3)6-7-15-11-8-9(12(16)17)4-5-10(11)14/h4-5,8,15H,6-7H2,1-3H3,(H,16,17). The lowest BCUT2D eigenvalue weighted by atomic mass is 9.92. The van der Waals surface area contributed by atoms with Crippen LogP contribution >= 0.6 is 0 Å². The molecular weight excluding hydrogens is 221 g/mol. The molecule has 0 unspecified atom stereocenters. The zero-order chi connectivity index (χ0) is 13.1. The third-order valence-electron chi connectivity index (χ3n) is 2.40. The number of hydrogen-bond donors (Lipinski definition) is 2. The molecule has 0 spiro atoms. The topological polar surface area (TPSA) is 49.3 Å².